The molecule has 0 aliphatic heterocycles. The Labute approximate surface area is 290 Å². The molecule has 0 bridgehead atoms. The van der Waals surface area contributed by atoms with E-state index in [-0.39, 0.29) is 0 Å². The molecule has 0 N–H and O–H groups in total. The van der Waals surface area contributed by atoms with Gasteiger partial charge in [-0.3, -0.25) is 0 Å². The molecule has 0 saturated carbocycles. The smallest absolute Gasteiger partial charge is 0.147 e. The van der Waals surface area contributed by atoms with Crippen molar-refractivity contribution < 1.29 is 8.83 Å². The number of nitriles is 1. The summed E-state index contributed by atoms with van der Waals surface area (Å²) in [7, 11) is 0. The fourth-order valence-electron chi connectivity index (χ4n) is 7.94. The van der Waals surface area contributed by atoms with Gasteiger partial charge >= 0.3 is 0 Å². The molecule has 11 aromatic rings. The summed E-state index contributed by atoms with van der Waals surface area (Å²) >= 11 is 0. The van der Waals surface area contributed by atoms with Crippen molar-refractivity contribution in [2.75, 3.05) is 0 Å². The number of aromatic nitrogens is 2. The molecule has 7 aromatic carbocycles. The Balaban J connectivity index is 1.15. The maximum absolute atomic E-state index is 9.77. The Morgan fingerprint density at radius 1 is 0.490 bits per heavy atom. The highest BCUT2D eigenvalue weighted by molar-refractivity contribution is 6.29. The molecule has 0 spiro atoms. The molecule has 0 radical (unpaired) electrons. The zero-order valence-corrected chi connectivity index (χ0v) is 27.1. The minimum atomic E-state index is 0.640. The van der Waals surface area contributed by atoms with Crippen LogP contribution >= 0.6 is 0 Å². The lowest BCUT2D eigenvalue weighted by Crippen LogP contribution is -1.93. The molecular formula is C46H25N3O2. The van der Waals surface area contributed by atoms with Crippen LogP contribution in [-0.2, 0) is 0 Å². The molecule has 4 aromatic heterocycles. The summed E-state index contributed by atoms with van der Waals surface area (Å²) in [6, 6.07) is 54.2. The molecule has 0 amide bonds. The second kappa shape index (κ2) is 10.4. The largest absolute Gasteiger partial charge is 0.456 e. The van der Waals surface area contributed by atoms with Gasteiger partial charge in [-0.25, -0.2) is 4.98 Å². The maximum Gasteiger partial charge on any atom is 0.147 e. The van der Waals surface area contributed by atoms with Crippen molar-refractivity contribution in [2.24, 2.45) is 0 Å². The number of nitrogens with zero attached hydrogens (tertiary/aromatic N) is 3. The number of pyridine rings is 1. The van der Waals surface area contributed by atoms with Crippen LogP contribution in [0.2, 0.25) is 0 Å². The van der Waals surface area contributed by atoms with Gasteiger partial charge in [0, 0.05) is 38.2 Å². The summed E-state index contributed by atoms with van der Waals surface area (Å²) in [5.74, 6) is 0. The summed E-state index contributed by atoms with van der Waals surface area (Å²) in [5, 5.41) is 16.9. The molecule has 5 heteroatoms. The Hall–Kier alpha value is -7.16. The first-order valence-corrected chi connectivity index (χ1v) is 16.9. The second-order valence-corrected chi connectivity index (χ2v) is 13.0. The van der Waals surface area contributed by atoms with E-state index in [1.165, 1.54) is 0 Å². The van der Waals surface area contributed by atoms with Gasteiger partial charge in [0.15, 0.2) is 0 Å². The SMILES string of the molecule is N#Cc1ccc2c(c1)c1cc(-c3cccc(-c4nc5ccc6oc7ccccc7c6c5c5oc6ccccc6c45)c3)ccc1n2-c1ccccc1. The topological polar surface area (TPSA) is 67.9 Å². The number of fused-ring (bicyclic) bond motifs is 12. The van der Waals surface area contributed by atoms with Crippen molar-refractivity contribution in [1.29, 1.82) is 5.26 Å². The predicted octanol–water partition coefficient (Wildman–Crippen LogP) is 12.3. The number of hydrogen-bond acceptors (Lipinski definition) is 4. The highest BCUT2D eigenvalue weighted by Gasteiger charge is 2.22. The standard InChI is InChI=1S/C46H25N3O2/c47-26-27-17-20-37-34(23-27)35-25-29(18-21-38(35)49(37)31-11-2-1-3-12-31)28-9-8-10-30(24-28)45-43-33-14-5-7-16-40(33)51-46(43)44-36(48-45)19-22-41-42(44)32-13-4-6-15-39(32)50-41/h1-25H. The predicted molar refractivity (Wildman–Crippen MR) is 206 cm³/mol. The lowest BCUT2D eigenvalue weighted by molar-refractivity contribution is 0.667. The van der Waals surface area contributed by atoms with Crippen LogP contribution in [0.15, 0.2) is 160 Å². The van der Waals surface area contributed by atoms with Crippen LogP contribution in [0.5, 0.6) is 0 Å². The van der Waals surface area contributed by atoms with Gasteiger partial charge < -0.3 is 13.4 Å². The van der Waals surface area contributed by atoms with E-state index in [0.717, 1.165) is 105 Å². The molecule has 4 heterocycles. The molecule has 0 atom stereocenters. The molecule has 5 nitrogen and oxygen atoms in total. The highest BCUT2D eigenvalue weighted by atomic mass is 16.3. The lowest BCUT2D eigenvalue weighted by atomic mass is 9.96. The Morgan fingerprint density at radius 3 is 2.00 bits per heavy atom. The summed E-state index contributed by atoms with van der Waals surface area (Å²) in [5.41, 5.74) is 12.0. The first-order valence-electron chi connectivity index (χ1n) is 16.9. The second-order valence-electron chi connectivity index (χ2n) is 13.0. The third kappa shape index (κ3) is 3.99. The molecular weight excluding hydrogens is 627 g/mol. The summed E-state index contributed by atoms with van der Waals surface area (Å²) < 4.78 is 15.3. The van der Waals surface area contributed by atoms with Crippen molar-refractivity contribution in [3.05, 3.63) is 157 Å². The van der Waals surface area contributed by atoms with E-state index in [2.05, 4.69) is 89.5 Å². The molecule has 0 unspecified atom stereocenters. The van der Waals surface area contributed by atoms with Gasteiger partial charge in [-0.2, -0.15) is 5.26 Å². The van der Waals surface area contributed by atoms with Crippen LogP contribution in [-0.4, -0.2) is 9.55 Å². The van der Waals surface area contributed by atoms with Crippen molar-refractivity contribution in [1.82, 2.24) is 9.55 Å². The third-order valence-electron chi connectivity index (χ3n) is 10.2. The van der Waals surface area contributed by atoms with Gasteiger partial charge in [0.25, 0.3) is 0 Å². The van der Waals surface area contributed by atoms with E-state index < -0.39 is 0 Å². The zero-order chi connectivity index (χ0) is 33.6. The minimum absolute atomic E-state index is 0.640. The lowest BCUT2D eigenvalue weighted by Gasteiger charge is -2.10. The van der Waals surface area contributed by atoms with Crippen LogP contribution in [0.25, 0.3) is 105 Å². The normalized spacial score (nSPS) is 11.9. The van der Waals surface area contributed by atoms with Gasteiger partial charge in [-0.15, -0.1) is 0 Å². The quantitative estimate of drug-likeness (QED) is 0.191. The van der Waals surface area contributed by atoms with Gasteiger partial charge in [-0.05, 0) is 83.9 Å². The molecule has 0 aliphatic carbocycles. The fraction of sp³-hybridized carbons (Fsp3) is 0. The van der Waals surface area contributed by atoms with E-state index in [9.17, 15) is 5.26 Å². The number of benzene rings is 7. The molecule has 236 valence electrons. The molecule has 51 heavy (non-hydrogen) atoms. The van der Waals surface area contributed by atoms with Crippen molar-refractivity contribution in [3.8, 4) is 34.1 Å². The number of hydrogen-bond donors (Lipinski definition) is 0. The molecule has 0 saturated heterocycles. The fourth-order valence-corrected chi connectivity index (χ4v) is 7.94. The Kier molecular flexibility index (Phi) is 5.67. The molecule has 0 fully saturated rings. The summed E-state index contributed by atoms with van der Waals surface area (Å²) in [6.07, 6.45) is 0. The average Bonchev–Trinajstić information content (AvgIpc) is 3.87. The van der Waals surface area contributed by atoms with E-state index in [0.29, 0.717) is 5.56 Å². The maximum atomic E-state index is 9.77. The highest BCUT2D eigenvalue weighted by Crippen LogP contribution is 2.44. The van der Waals surface area contributed by atoms with Crippen molar-refractivity contribution in [2.45, 2.75) is 0 Å². The van der Waals surface area contributed by atoms with E-state index >= 15 is 0 Å². The van der Waals surface area contributed by atoms with E-state index in [1.54, 1.807) is 0 Å². The van der Waals surface area contributed by atoms with Gasteiger partial charge in [0.05, 0.1) is 44.6 Å². The number of rotatable bonds is 3. The zero-order valence-electron chi connectivity index (χ0n) is 27.1. The first-order chi connectivity index (χ1) is 25.2. The van der Waals surface area contributed by atoms with Crippen LogP contribution in [0.1, 0.15) is 5.56 Å². The average molecular weight is 652 g/mol. The number of para-hydroxylation sites is 3. The molecule has 0 aliphatic rings. The van der Waals surface area contributed by atoms with Crippen molar-refractivity contribution in [3.63, 3.8) is 0 Å². The van der Waals surface area contributed by atoms with Crippen LogP contribution in [0, 0.1) is 11.3 Å². The van der Waals surface area contributed by atoms with Crippen LogP contribution in [0.3, 0.4) is 0 Å². The van der Waals surface area contributed by atoms with E-state index in [4.69, 9.17) is 13.8 Å². The number of furan rings is 2. The Morgan fingerprint density at radius 2 is 1.18 bits per heavy atom. The summed E-state index contributed by atoms with van der Waals surface area (Å²) in [6.45, 7) is 0. The van der Waals surface area contributed by atoms with Gasteiger partial charge in [-0.1, -0.05) is 78.9 Å². The third-order valence-corrected chi connectivity index (χ3v) is 10.2. The summed E-state index contributed by atoms with van der Waals surface area (Å²) in [4.78, 5) is 5.38. The Bertz CT molecular complexity index is 3270. The van der Waals surface area contributed by atoms with E-state index in [1.807, 2.05) is 72.8 Å². The van der Waals surface area contributed by atoms with Crippen molar-refractivity contribution >= 4 is 76.6 Å². The van der Waals surface area contributed by atoms with Gasteiger partial charge in [0.1, 0.15) is 22.3 Å². The van der Waals surface area contributed by atoms with Gasteiger partial charge in [0.2, 0.25) is 0 Å². The first kappa shape index (κ1) is 27.8. The monoisotopic (exact) mass is 651 g/mol. The minimum Gasteiger partial charge on any atom is -0.456 e. The molecule has 11 rings (SSSR count). The van der Waals surface area contributed by atoms with Crippen LogP contribution < -0.4 is 0 Å². The van der Waals surface area contributed by atoms with Crippen LogP contribution in [0.4, 0.5) is 0 Å².